The van der Waals surface area contributed by atoms with Gasteiger partial charge in [-0.15, -0.1) is 0 Å². The monoisotopic (exact) mass is 265 g/mol. The molecular weight excluding hydrogens is 238 g/mol. The van der Waals surface area contributed by atoms with Crippen LogP contribution in [0.1, 0.15) is 53.2 Å². The van der Waals surface area contributed by atoms with E-state index in [2.05, 4.69) is 49.9 Å². The first kappa shape index (κ1) is 15.9. The van der Waals surface area contributed by atoms with E-state index in [1.54, 1.807) is 12.4 Å². The van der Waals surface area contributed by atoms with Crippen LogP contribution in [0.25, 0.3) is 0 Å². The number of hydrogen-bond donors (Lipinski definition) is 1. The van der Waals surface area contributed by atoms with Gasteiger partial charge in [0.05, 0.1) is 18.5 Å². The molecule has 0 spiro atoms. The fraction of sp³-hybridized carbons (Fsp3) is 0.733. The van der Waals surface area contributed by atoms with E-state index in [1.807, 2.05) is 0 Å². The van der Waals surface area contributed by atoms with Crippen LogP contribution < -0.4 is 10.1 Å². The predicted octanol–water partition coefficient (Wildman–Crippen LogP) is 3.18. The normalized spacial score (nSPS) is 11.9. The zero-order chi connectivity index (χ0) is 14.3. The van der Waals surface area contributed by atoms with Crippen LogP contribution in [0.3, 0.4) is 0 Å². The second kappa shape index (κ2) is 7.43. The fourth-order valence-corrected chi connectivity index (χ4v) is 1.57. The number of hydrogen-bond acceptors (Lipinski definition) is 4. The van der Waals surface area contributed by atoms with Gasteiger partial charge in [-0.25, -0.2) is 4.98 Å². The molecule has 19 heavy (non-hydrogen) atoms. The SMILES string of the molecule is CC(C)CCCOc1cncc(CNC(C)(C)C)n1. The molecule has 0 fully saturated rings. The molecule has 108 valence electrons. The van der Waals surface area contributed by atoms with Crippen LogP contribution in [-0.2, 0) is 6.54 Å². The van der Waals surface area contributed by atoms with E-state index in [0.717, 1.165) is 18.0 Å². The Morgan fingerprint density at radius 3 is 2.63 bits per heavy atom. The first-order chi connectivity index (χ1) is 8.87. The van der Waals surface area contributed by atoms with E-state index in [1.165, 1.54) is 6.42 Å². The summed E-state index contributed by atoms with van der Waals surface area (Å²) in [5.41, 5.74) is 0.992. The number of nitrogens with zero attached hydrogens (tertiary/aromatic N) is 2. The highest BCUT2D eigenvalue weighted by Gasteiger charge is 2.09. The van der Waals surface area contributed by atoms with Gasteiger partial charge >= 0.3 is 0 Å². The van der Waals surface area contributed by atoms with Crippen molar-refractivity contribution in [2.75, 3.05) is 6.61 Å². The molecule has 0 bridgehead atoms. The van der Waals surface area contributed by atoms with Crippen LogP contribution in [0.5, 0.6) is 5.88 Å². The van der Waals surface area contributed by atoms with Crippen molar-refractivity contribution in [3.05, 3.63) is 18.1 Å². The summed E-state index contributed by atoms with van der Waals surface area (Å²) in [5.74, 6) is 1.34. The number of rotatable bonds is 7. The summed E-state index contributed by atoms with van der Waals surface area (Å²) in [6.45, 7) is 12.3. The van der Waals surface area contributed by atoms with Gasteiger partial charge in [0.15, 0.2) is 0 Å². The molecule has 1 N–H and O–H groups in total. The average Bonchev–Trinajstić information content (AvgIpc) is 2.32. The molecule has 1 rings (SSSR count). The minimum absolute atomic E-state index is 0.0792. The maximum absolute atomic E-state index is 5.63. The molecule has 0 aliphatic heterocycles. The van der Waals surface area contributed by atoms with Gasteiger partial charge in [0, 0.05) is 18.3 Å². The molecule has 0 saturated carbocycles. The summed E-state index contributed by atoms with van der Waals surface area (Å²) in [5, 5.41) is 3.39. The van der Waals surface area contributed by atoms with Gasteiger partial charge in [-0.3, -0.25) is 4.98 Å². The molecule has 1 aromatic heterocycles. The Hall–Kier alpha value is -1.16. The zero-order valence-electron chi connectivity index (χ0n) is 12.9. The van der Waals surface area contributed by atoms with Crippen LogP contribution >= 0.6 is 0 Å². The predicted molar refractivity (Wildman–Crippen MR) is 78.2 cm³/mol. The molecule has 1 heterocycles. The van der Waals surface area contributed by atoms with Crippen LogP contribution in [0, 0.1) is 5.92 Å². The maximum atomic E-state index is 5.63. The van der Waals surface area contributed by atoms with Crippen molar-refractivity contribution in [3.8, 4) is 5.88 Å². The number of nitrogens with one attached hydrogen (secondary N) is 1. The molecule has 4 nitrogen and oxygen atoms in total. The standard InChI is InChI=1S/C15H27N3O/c1-12(2)7-6-8-19-14-11-16-9-13(18-14)10-17-15(3,4)5/h9,11-12,17H,6-8,10H2,1-5H3. The summed E-state index contributed by atoms with van der Waals surface area (Å²) in [4.78, 5) is 8.62. The first-order valence-corrected chi connectivity index (χ1v) is 7.05. The lowest BCUT2D eigenvalue weighted by atomic mass is 10.1. The van der Waals surface area contributed by atoms with E-state index in [0.29, 0.717) is 19.0 Å². The Morgan fingerprint density at radius 1 is 1.26 bits per heavy atom. The van der Waals surface area contributed by atoms with Crippen LogP contribution in [0.4, 0.5) is 0 Å². The third-order valence-electron chi connectivity index (χ3n) is 2.64. The Morgan fingerprint density at radius 2 is 2.00 bits per heavy atom. The van der Waals surface area contributed by atoms with Crippen molar-refractivity contribution >= 4 is 0 Å². The molecule has 4 heteroatoms. The summed E-state index contributed by atoms with van der Waals surface area (Å²) in [7, 11) is 0. The Balaban J connectivity index is 2.39. The van der Waals surface area contributed by atoms with Gasteiger partial charge in [-0.1, -0.05) is 13.8 Å². The Labute approximate surface area is 117 Å². The lowest BCUT2D eigenvalue weighted by Crippen LogP contribution is -2.35. The van der Waals surface area contributed by atoms with Gasteiger partial charge in [0.25, 0.3) is 0 Å². The van der Waals surface area contributed by atoms with Gasteiger partial charge in [0.2, 0.25) is 5.88 Å². The minimum Gasteiger partial charge on any atom is -0.477 e. The molecule has 0 aromatic carbocycles. The largest absolute Gasteiger partial charge is 0.477 e. The molecule has 0 aliphatic rings. The quantitative estimate of drug-likeness (QED) is 0.769. The van der Waals surface area contributed by atoms with E-state index >= 15 is 0 Å². The number of ether oxygens (including phenoxy) is 1. The van der Waals surface area contributed by atoms with Crippen molar-refractivity contribution in [1.82, 2.24) is 15.3 Å². The van der Waals surface area contributed by atoms with E-state index in [-0.39, 0.29) is 5.54 Å². The third-order valence-corrected chi connectivity index (χ3v) is 2.64. The van der Waals surface area contributed by atoms with Gasteiger partial charge in [0.1, 0.15) is 0 Å². The van der Waals surface area contributed by atoms with E-state index in [9.17, 15) is 0 Å². The third kappa shape index (κ3) is 7.78. The highest BCUT2D eigenvalue weighted by atomic mass is 16.5. The van der Waals surface area contributed by atoms with Crippen LogP contribution in [0.2, 0.25) is 0 Å². The lowest BCUT2D eigenvalue weighted by Gasteiger charge is -2.20. The van der Waals surface area contributed by atoms with Crippen molar-refractivity contribution in [3.63, 3.8) is 0 Å². The van der Waals surface area contributed by atoms with Gasteiger partial charge in [-0.2, -0.15) is 0 Å². The molecule has 0 aliphatic carbocycles. The Kier molecular flexibility index (Phi) is 6.22. The summed E-state index contributed by atoms with van der Waals surface area (Å²) in [6.07, 6.45) is 5.69. The molecule has 0 saturated heterocycles. The smallest absolute Gasteiger partial charge is 0.232 e. The van der Waals surface area contributed by atoms with E-state index < -0.39 is 0 Å². The van der Waals surface area contributed by atoms with E-state index in [4.69, 9.17) is 4.74 Å². The van der Waals surface area contributed by atoms with Crippen LogP contribution in [0.15, 0.2) is 12.4 Å². The first-order valence-electron chi connectivity index (χ1n) is 7.05. The molecule has 1 aromatic rings. The van der Waals surface area contributed by atoms with Crippen molar-refractivity contribution < 1.29 is 4.74 Å². The van der Waals surface area contributed by atoms with Crippen molar-refractivity contribution in [2.24, 2.45) is 5.92 Å². The van der Waals surface area contributed by atoms with Gasteiger partial charge in [-0.05, 0) is 39.5 Å². The lowest BCUT2D eigenvalue weighted by molar-refractivity contribution is 0.284. The molecule has 0 unspecified atom stereocenters. The average molecular weight is 265 g/mol. The van der Waals surface area contributed by atoms with Crippen molar-refractivity contribution in [1.29, 1.82) is 0 Å². The topological polar surface area (TPSA) is 47.0 Å². The van der Waals surface area contributed by atoms with Gasteiger partial charge < -0.3 is 10.1 Å². The summed E-state index contributed by atoms with van der Waals surface area (Å²) < 4.78 is 5.63. The summed E-state index contributed by atoms with van der Waals surface area (Å²) in [6, 6.07) is 0. The minimum atomic E-state index is 0.0792. The molecule has 0 atom stereocenters. The summed E-state index contributed by atoms with van der Waals surface area (Å²) >= 11 is 0. The molecular formula is C15H27N3O. The highest BCUT2D eigenvalue weighted by molar-refractivity contribution is 5.08. The fourth-order valence-electron chi connectivity index (χ4n) is 1.57. The van der Waals surface area contributed by atoms with Crippen molar-refractivity contribution in [2.45, 2.75) is 59.5 Å². The molecule has 0 amide bonds. The molecule has 0 radical (unpaired) electrons. The second-order valence-electron chi connectivity index (χ2n) is 6.34. The second-order valence-corrected chi connectivity index (χ2v) is 6.34. The Bertz CT molecular complexity index is 372. The zero-order valence-corrected chi connectivity index (χ0v) is 12.9. The number of aromatic nitrogens is 2. The van der Waals surface area contributed by atoms with Crippen LogP contribution in [-0.4, -0.2) is 22.1 Å². The maximum Gasteiger partial charge on any atom is 0.232 e. The highest BCUT2D eigenvalue weighted by Crippen LogP contribution is 2.09.